The van der Waals surface area contributed by atoms with E-state index in [1.54, 1.807) is 36.9 Å². The number of carbonyl (C=O) groups is 3. The lowest BCUT2D eigenvalue weighted by atomic mass is 10.2. The van der Waals surface area contributed by atoms with Gasteiger partial charge in [-0.3, -0.25) is 14.3 Å². The second-order valence-electron chi connectivity index (χ2n) is 5.47. The van der Waals surface area contributed by atoms with E-state index in [-0.39, 0.29) is 12.5 Å². The molecule has 132 valence electrons. The van der Waals surface area contributed by atoms with Gasteiger partial charge in [0.25, 0.3) is 5.91 Å². The maximum atomic E-state index is 12.1. The van der Waals surface area contributed by atoms with Crippen molar-refractivity contribution in [3.63, 3.8) is 0 Å². The van der Waals surface area contributed by atoms with E-state index in [1.807, 2.05) is 6.92 Å². The minimum Gasteiger partial charge on any atom is -0.351 e. The maximum Gasteiger partial charge on any atom is 0.316 e. The molecule has 2 rings (SSSR count). The van der Waals surface area contributed by atoms with Crippen LogP contribution in [0, 0.1) is 13.8 Å². The molecular formula is C16H20N6O3. The van der Waals surface area contributed by atoms with Crippen LogP contribution in [0.2, 0.25) is 0 Å². The lowest BCUT2D eigenvalue weighted by Crippen LogP contribution is -2.33. The highest BCUT2D eigenvalue weighted by Crippen LogP contribution is 2.17. The van der Waals surface area contributed by atoms with Crippen molar-refractivity contribution in [3.05, 3.63) is 41.2 Å². The fourth-order valence-corrected chi connectivity index (χ4v) is 2.28. The third kappa shape index (κ3) is 4.56. The third-order valence-corrected chi connectivity index (χ3v) is 3.58. The van der Waals surface area contributed by atoms with Gasteiger partial charge in [0.15, 0.2) is 0 Å². The van der Waals surface area contributed by atoms with E-state index in [0.29, 0.717) is 22.6 Å². The Morgan fingerprint density at radius 2 is 1.92 bits per heavy atom. The fraction of sp³-hybridized carbons (Fsp3) is 0.250. The third-order valence-electron chi connectivity index (χ3n) is 3.58. The lowest BCUT2D eigenvalue weighted by Gasteiger charge is -2.08. The molecule has 25 heavy (non-hydrogen) atoms. The number of amides is 4. The molecule has 0 aliphatic carbocycles. The van der Waals surface area contributed by atoms with Crippen LogP contribution in [-0.4, -0.2) is 34.2 Å². The Morgan fingerprint density at radius 3 is 2.52 bits per heavy atom. The molecule has 0 radical (unpaired) electrons. The molecular weight excluding hydrogens is 324 g/mol. The van der Waals surface area contributed by atoms with Crippen molar-refractivity contribution >= 4 is 29.2 Å². The first-order chi connectivity index (χ1) is 11.8. The highest BCUT2D eigenvalue weighted by atomic mass is 16.2. The van der Waals surface area contributed by atoms with Crippen LogP contribution in [0.25, 0.3) is 0 Å². The van der Waals surface area contributed by atoms with Crippen LogP contribution in [0.5, 0.6) is 0 Å². The summed E-state index contributed by atoms with van der Waals surface area (Å²) in [5, 5.41) is 11.8. The highest BCUT2D eigenvalue weighted by Gasteiger charge is 2.14. The Morgan fingerprint density at radius 1 is 1.20 bits per heavy atom. The van der Waals surface area contributed by atoms with E-state index >= 15 is 0 Å². The van der Waals surface area contributed by atoms with Gasteiger partial charge in [0.1, 0.15) is 0 Å². The minimum absolute atomic E-state index is 0.194. The number of primary amides is 1. The van der Waals surface area contributed by atoms with Gasteiger partial charge in [-0.2, -0.15) is 5.10 Å². The number of aryl methyl sites for hydroxylation is 2. The van der Waals surface area contributed by atoms with Crippen LogP contribution in [0.4, 0.5) is 16.2 Å². The molecule has 5 N–H and O–H groups in total. The minimum atomic E-state index is -0.723. The Hall–Kier alpha value is -3.36. The van der Waals surface area contributed by atoms with Crippen LogP contribution < -0.4 is 21.7 Å². The second-order valence-corrected chi connectivity index (χ2v) is 5.47. The van der Waals surface area contributed by atoms with E-state index in [2.05, 4.69) is 21.0 Å². The number of benzene rings is 1. The predicted octanol–water partition coefficient (Wildman–Crippen LogP) is 0.896. The van der Waals surface area contributed by atoms with Crippen LogP contribution in [-0.2, 0) is 11.8 Å². The molecule has 0 aliphatic rings. The van der Waals surface area contributed by atoms with E-state index in [4.69, 9.17) is 5.73 Å². The van der Waals surface area contributed by atoms with Gasteiger partial charge in [0, 0.05) is 18.3 Å². The monoisotopic (exact) mass is 344 g/mol. The number of urea groups is 1. The van der Waals surface area contributed by atoms with Crippen LogP contribution in [0.3, 0.4) is 0 Å². The zero-order valence-corrected chi connectivity index (χ0v) is 14.2. The van der Waals surface area contributed by atoms with E-state index < -0.39 is 11.9 Å². The summed E-state index contributed by atoms with van der Waals surface area (Å²) in [5.41, 5.74) is 7.89. The number of anilines is 2. The van der Waals surface area contributed by atoms with Crippen molar-refractivity contribution < 1.29 is 14.4 Å². The number of nitrogens with two attached hydrogens (primary N) is 1. The summed E-state index contributed by atoms with van der Waals surface area (Å²) in [6.07, 6.45) is 0. The molecule has 9 nitrogen and oxygen atoms in total. The lowest BCUT2D eigenvalue weighted by molar-refractivity contribution is -0.115. The van der Waals surface area contributed by atoms with Gasteiger partial charge in [-0.25, -0.2) is 4.79 Å². The predicted molar refractivity (Wildman–Crippen MR) is 93.3 cm³/mol. The summed E-state index contributed by atoms with van der Waals surface area (Å²) in [6, 6.07) is 5.51. The van der Waals surface area contributed by atoms with Gasteiger partial charge < -0.3 is 21.7 Å². The highest BCUT2D eigenvalue weighted by molar-refractivity contribution is 6.00. The van der Waals surface area contributed by atoms with E-state index in [0.717, 1.165) is 5.69 Å². The number of nitrogens with zero attached hydrogens (tertiary/aromatic N) is 2. The molecule has 4 amide bonds. The Bertz CT molecular complexity index is 827. The van der Waals surface area contributed by atoms with Crippen LogP contribution in [0.1, 0.15) is 21.7 Å². The van der Waals surface area contributed by atoms with Gasteiger partial charge in [0.2, 0.25) is 5.91 Å². The topological polar surface area (TPSA) is 131 Å². The molecule has 9 heteroatoms. The largest absolute Gasteiger partial charge is 0.351 e. The van der Waals surface area contributed by atoms with Crippen molar-refractivity contribution in [2.75, 3.05) is 17.2 Å². The molecule has 0 saturated heterocycles. The molecule has 2 aromatic rings. The van der Waals surface area contributed by atoms with Crippen molar-refractivity contribution in [2.45, 2.75) is 13.8 Å². The quantitative estimate of drug-likeness (QED) is 0.641. The SMILES string of the molecule is Cc1nn(C)c(C)c1NC(=O)CNC(=O)c1cccc(NC(N)=O)c1. The summed E-state index contributed by atoms with van der Waals surface area (Å²) in [4.78, 5) is 35.0. The molecule has 0 atom stereocenters. The van der Waals surface area contributed by atoms with E-state index in [9.17, 15) is 14.4 Å². The van der Waals surface area contributed by atoms with Gasteiger partial charge in [-0.05, 0) is 32.0 Å². The number of nitrogens with one attached hydrogen (secondary N) is 3. The first kappa shape index (κ1) is 18.0. The van der Waals surface area contributed by atoms with Crippen LogP contribution >= 0.6 is 0 Å². The number of hydrogen-bond donors (Lipinski definition) is 4. The van der Waals surface area contributed by atoms with Crippen molar-refractivity contribution in [1.29, 1.82) is 0 Å². The molecule has 0 spiro atoms. The Labute approximate surface area is 144 Å². The summed E-state index contributed by atoms with van der Waals surface area (Å²) < 4.78 is 1.67. The first-order valence-electron chi connectivity index (χ1n) is 7.52. The summed E-state index contributed by atoms with van der Waals surface area (Å²) in [6.45, 7) is 3.43. The second kappa shape index (κ2) is 7.47. The number of rotatable bonds is 5. The average Bonchev–Trinajstić information content (AvgIpc) is 2.78. The average molecular weight is 344 g/mol. The number of hydrogen-bond acceptors (Lipinski definition) is 4. The Balaban J connectivity index is 1.95. The zero-order chi connectivity index (χ0) is 18.6. The molecule has 1 aromatic heterocycles. The molecule has 0 bridgehead atoms. The number of carbonyl (C=O) groups excluding carboxylic acids is 3. The summed E-state index contributed by atoms with van der Waals surface area (Å²) in [7, 11) is 1.78. The summed E-state index contributed by atoms with van der Waals surface area (Å²) in [5.74, 6) is -0.804. The number of aromatic nitrogens is 2. The normalized spacial score (nSPS) is 10.2. The van der Waals surface area contributed by atoms with Gasteiger partial charge in [-0.1, -0.05) is 6.07 Å². The molecule has 1 aromatic carbocycles. The standard InChI is InChI=1S/C16H20N6O3/c1-9-14(10(2)22(3)21-9)20-13(23)8-18-15(24)11-5-4-6-12(7-11)19-16(17)25/h4-7H,8H2,1-3H3,(H,18,24)(H,20,23)(H3,17,19,25). The van der Waals surface area contributed by atoms with Crippen molar-refractivity contribution in [1.82, 2.24) is 15.1 Å². The maximum absolute atomic E-state index is 12.1. The van der Waals surface area contributed by atoms with E-state index in [1.165, 1.54) is 6.07 Å². The summed E-state index contributed by atoms with van der Waals surface area (Å²) >= 11 is 0. The zero-order valence-electron chi connectivity index (χ0n) is 14.2. The smallest absolute Gasteiger partial charge is 0.316 e. The van der Waals surface area contributed by atoms with Gasteiger partial charge in [0.05, 0.1) is 23.6 Å². The molecule has 1 heterocycles. The molecule has 0 unspecified atom stereocenters. The molecule has 0 saturated carbocycles. The molecule has 0 aliphatic heterocycles. The van der Waals surface area contributed by atoms with Crippen molar-refractivity contribution in [2.24, 2.45) is 12.8 Å². The Kier molecular flexibility index (Phi) is 5.38. The van der Waals surface area contributed by atoms with Crippen LogP contribution in [0.15, 0.2) is 24.3 Å². The van der Waals surface area contributed by atoms with Gasteiger partial charge >= 0.3 is 6.03 Å². The molecule has 0 fully saturated rings. The van der Waals surface area contributed by atoms with Gasteiger partial charge in [-0.15, -0.1) is 0 Å². The van der Waals surface area contributed by atoms with Crippen molar-refractivity contribution in [3.8, 4) is 0 Å². The fourth-order valence-electron chi connectivity index (χ4n) is 2.28. The first-order valence-corrected chi connectivity index (χ1v) is 7.52.